The number of benzene rings is 2. The number of hydrogen-bond acceptors (Lipinski definition) is 7. The van der Waals surface area contributed by atoms with Gasteiger partial charge < -0.3 is 24.7 Å². The first-order valence-corrected chi connectivity index (χ1v) is 13.2. The Morgan fingerprint density at radius 2 is 1.76 bits per heavy atom. The predicted octanol–water partition coefficient (Wildman–Crippen LogP) is 4.47. The standard InChI is InChI=1S/C27H35N5O4S/c1-7-32-24(14-28-25(33)15-36-23-13-19(5)8-10-20(23)17(2)3)30-31-27(32)37-16-26(34)29-21-12-18(4)9-11-22(21)35-6/h8-13,17H,7,14-16H2,1-6H3,(H,28,33)(H,29,34). The van der Waals surface area contributed by atoms with Crippen molar-refractivity contribution in [2.45, 2.75) is 58.8 Å². The Bertz CT molecular complexity index is 1240. The first kappa shape index (κ1) is 28.0. The Morgan fingerprint density at radius 3 is 2.46 bits per heavy atom. The van der Waals surface area contributed by atoms with E-state index in [0.717, 1.165) is 22.4 Å². The van der Waals surface area contributed by atoms with Crippen LogP contribution in [0.3, 0.4) is 0 Å². The molecular formula is C27H35N5O4S. The molecule has 1 heterocycles. The molecule has 0 radical (unpaired) electrons. The number of aryl methyl sites for hydroxylation is 2. The molecule has 0 bridgehead atoms. The maximum atomic E-state index is 12.5. The van der Waals surface area contributed by atoms with Gasteiger partial charge in [-0.25, -0.2) is 0 Å². The van der Waals surface area contributed by atoms with Gasteiger partial charge in [0.05, 0.1) is 25.1 Å². The quantitative estimate of drug-likeness (QED) is 0.336. The molecule has 0 saturated carbocycles. The highest BCUT2D eigenvalue weighted by Gasteiger charge is 2.16. The van der Waals surface area contributed by atoms with Gasteiger partial charge in [0.1, 0.15) is 11.5 Å². The highest BCUT2D eigenvalue weighted by atomic mass is 32.2. The number of carbonyl (C=O) groups excluding carboxylic acids is 2. The summed E-state index contributed by atoms with van der Waals surface area (Å²) in [5, 5.41) is 14.8. The number of amides is 2. The van der Waals surface area contributed by atoms with Crippen molar-refractivity contribution >= 4 is 29.3 Å². The van der Waals surface area contributed by atoms with Gasteiger partial charge in [0.15, 0.2) is 17.6 Å². The van der Waals surface area contributed by atoms with Gasteiger partial charge in [-0.1, -0.05) is 43.8 Å². The average Bonchev–Trinajstić information content (AvgIpc) is 3.26. The molecule has 2 amide bonds. The molecule has 198 valence electrons. The van der Waals surface area contributed by atoms with Crippen LogP contribution in [0, 0.1) is 13.8 Å². The molecule has 0 fully saturated rings. The molecule has 9 nitrogen and oxygen atoms in total. The molecule has 37 heavy (non-hydrogen) atoms. The monoisotopic (exact) mass is 525 g/mol. The molecule has 2 aromatic carbocycles. The molecule has 0 aliphatic carbocycles. The first-order valence-electron chi connectivity index (χ1n) is 12.2. The zero-order chi connectivity index (χ0) is 26.9. The Morgan fingerprint density at radius 1 is 1.03 bits per heavy atom. The van der Waals surface area contributed by atoms with Gasteiger partial charge in [0, 0.05) is 6.54 Å². The van der Waals surface area contributed by atoms with E-state index in [0.29, 0.717) is 34.9 Å². The summed E-state index contributed by atoms with van der Waals surface area (Å²) >= 11 is 1.28. The minimum atomic E-state index is -0.248. The van der Waals surface area contributed by atoms with Crippen molar-refractivity contribution in [1.29, 1.82) is 0 Å². The first-order chi connectivity index (χ1) is 17.7. The zero-order valence-corrected chi connectivity index (χ0v) is 23.1. The topological polar surface area (TPSA) is 107 Å². The fourth-order valence-corrected chi connectivity index (χ4v) is 4.55. The van der Waals surface area contributed by atoms with Crippen LogP contribution in [-0.2, 0) is 22.7 Å². The average molecular weight is 526 g/mol. The lowest BCUT2D eigenvalue weighted by Crippen LogP contribution is -2.29. The Hall–Kier alpha value is -3.53. The lowest BCUT2D eigenvalue weighted by molar-refractivity contribution is -0.123. The normalized spacial score (nSPS) is 10.9. The number of methoxy groups -OCH3 is 1. The predicted molar refractivity (Wildman–Crippen MR) is 145 cm³/mol. The maximum Gasteiger partial charge on any atom is 0.258 e. The second-order valence-corrected chi connectivity index (χ2v) is 9.89. The van der Waals surface area contributed by atoms with Crippen LogP contribution < -0.4 is 20.1 Å². The van der Waals surface area contributed by atoms with E-state index in [1.807, 2.05) is 61.7 Å². The van der Waals surface area contributed by atoms with E-state index in [1.54, 1.807) is 7.11 Å². The van der Waals surface area contributed by atoms with E-state index < -0.39 is 0 Å². The van der Waals surface area contributed by atoms with Gasteiger partial charge in [-0.2, -0.15) is 0 Å². The van der Waals surface area contributed by atoms with Crippen LogP contribution >= 0.6 is 11.8 Å². The van der Waals surface area contributed by atoms with Crippen LogP contribution in [0.5, 0.6) is 11.5 Å². The fraction of sp³-hybridized carbons (Fsp3) is 0.407. The Labute approximate surface area is 222 Å². The molecule has 3 rings (SSSR count). The van der Waals surface area contributed by atoms with Gasteiger partial charge in [-0.05, 0) is 61.6 Å². The molecule has 1 aromatic heterocycles. The van der Waals surface area contributed by atoms with E-state index in [9.17, 15) is 9.59 Å². The Balaban J connectivity index is 1.53. The fourth-order valence-electron chi connectivity index (χ4n) is 3.73. The van der Waals surface area contributed by atoms with E-state index >= 15 is 0 Å². The number of rotatable bonds is 12. The lowest BCUT2D eigenvalue weighted by Gasteiger charge is -2.15. The number of thioether (sulfide) groups is 1. The second kappa shape index (κ2) is 13.1. The smallest absolute Gasteiger partial charge is 0.258 e. The summed E-state index contributed by atoms with van der Waals surface area (Å²) in [6.45, 7) is 10.8. The van der Waals surface area contributed by atoms with Gasteiger partial charge in [-0.15, -0.1) is 10.2 Å². The molecule has 0 spiro atoms. The van der Waals surface area contributed by atoms with Crippen LogP contribution in [0.2, 0.25) is 0 Å². The third kappa shape index (κ3) is 7.72. The molecule has 0 saturated heterocycles. The number of anilines is 1. The SMILES string of the molecule is CCn1c(CNC(=O)COc2cc(C)ccc2C(C)C)nnc1SCC(=O)Nc1cc(C)ccc1OC. The second-order valence-electron chi connectivity index (χ2n) is 8.95. The number of hydrogen-bond donors (Lipinski definition) is 2. The molecule has 0 aliphatic heterocycles. The minimum absolute atomic E-state index is 0.0896. The number of ether oxygens (including phenoxy) is 2. The van der Waals surface area contributed by atoms with Crippen LogP contribution in [0.25, 0.3) is 0 Å². The third-order valence-corrected chi connectivity index (χ3v) is 6.63. The summed E-state index contributed by atoms with van der Waals surface area (Å²) in [4.78, 5) is 25.0. The van der Waals surface area contributed by atoms with Crippen molar-refractivity contribution in [3.05, 3.63) is 58.9 Å². The summed E-state index contributed by atoms with van der Waals surface area (Å²) in [5.41, 5.74) is 3.79. The van der Waals surface area contributed by atoms with Crippen molar-refractivity contribution in [3.63, 3.8) is 0 Å². The van der Waals surface area contributed by atoms with Crippen LogP contribution in [-0.4, -0.2) is 46.0 Å². The lowest BCUT2D eigenvalue weighted by atomic mass is 10.0. The highest BCUT2D eigenvalue weighted by molar-refractivity contribution is 7.99. The van der Waals surface area contributed by atoms with E-state index in [-0.39, 0.29) is 30.7 Å². The number of carbonyl (C=O) groups is 2. The summed E-state index contributed by atoms with van der Waals surface area (Å²) in [7, 11) is 1.57. The third-order valence-electron chi connectivity index (χ3n) is 5.66. The number of aromatic nitrogens is 3. The number of nitrogens with one attached hydrogen (secondary N) is 2. The minimum Gasteiger partial charge on any atom is -0.495 e. The van der Waals surface area contributed by atoms with Crippen molar-refractivity contribution in [2.75, 3.05) is 24.8 Å². The summed E-state index contributed by atoms with van der Waals surface area (Å²) in [6.07, 6.45) is 0. The van der Waals surface area contributed by atoms with Crippen LogP contribution in [0.1, 0.15) is 49.2 Å². The highest BCUT2D eigenvalue weighted by Crippen LogP contribution is 2.28. The van der Waals surface area contributed by atoms with Gasteiger partial charge in [-0.3, -0.25) is 9.59 Å². The Kier molecular flexibility index (Phi) is 9.96. The van der Waals surface area contributed by atoms with Crippen LogP contribution in [0.15, 0.2) is 41.6 Å². The van der Waals surface area contributed by atoms with Crippen molar-refractivity contribution < 1.29 is 19.1 Å². The van der Waals surface area contributed by atoms with Crippen LogP contribution in [0.4, 0.5) is 5.69 Å². The van der Waals surface area contributed by atoms with Crippen molar-refractivity contribution in [1.82, 2.24) is 20.1 Å². The molecule has 0 aliphatic rings. The van der Waals surface area contributed by atoms with E-state index in [2.05, 4.69) is 34.7 Å². The summed E-state index contributed by atoms with van der Waals surface area (Å²) in [5.74, 6) is 1.96. The summed E-state index contributed by atoms with van der Waals surface area (Å²) < 4.78 is 13.0. The zero-order valence-electron chi connectivity index (χ0n) is 22.3. The van der Waals surface area contributed by atoms with Crippen molar-refractivity contribution in [3.8, 4) is 11.5 Å². The molecule has 3 aromatic rings. The summed E-state index contributed by atoms with van der Waals surface area (Å²) in [6, 6.07) is 11.6. The van der Waals surface area contributed by atoms with Gasteiger partial charge in [0.2, 0.25) is 5.91 Å². The largest absolute Gasteiger partial charge is 0.495 e. The molecule has 0 unspecified atom stereocenters. The number of nitrogens with zero attached hydrogens (tertiary/aromatic N) is 3. The maximum absolute atomic E-state index is 12.5. The van der Waals surface area contributed by atoms with Gasteiger partial charge in [0.25, 0.3) is 5.91 Å². The molecule has 0 atom stereocenters. The van der Waals surface area contributed by atoms with E-state index in [4.69, 9.17) is 9.47 Å². The molecule has 10 heteroatoms. The van der Waals surface area contributed by atoms with Gasteiger partial charge >= 0.3 is 0 Å². The molecular weight excluding hydrogens is 490 g/mol. The van der Waals surface area contributed by atoms with E-state index in [1.165, 1.54) is 11.8 Å². The molecule has 2 N–H and O–H groups in total. The van der Waals surface area contributed by atoms with Crippen molar-refractivity contribution in [2.24, 2.45) is 0 Å².